The van der Waals surface area contributed by atoms with E-state index in [9.17, 15) is 5.11 Å². The Morgan fingerprint density at radius 2 is 2.04 bits per heavy atom. The molecule has 1 fully saturated rings. The molecule has 2 aliphatic rings. The van der Waals surface area contributed by atoms with E-state index in [0.717, 1.165) is 38.3 Å². The van der Waals surface area contributed by atoms with Crippen LogP contribution in [-0.2, 0) is 19.6 Å². The Balaban J connectivity index is 1.47. The van der Waals surface area contributed by atoms with Gasteiger partial charge in [-0.3, -0.25) is 14.7 Å². The third-order valence-corrected chi connectivity index (χ3v) is 5.79. The maximum absolute atomic E-state index is 9.85. The molecule has 2 aromatic rings. The van der Waals surface area contributed by atoms with Gasteiger partial charge in [-0.25, -0.2) is 0 Å². The van der Waals surface area contributed by atoms with Crippen molar-refractivity contribution in [1.29, 1.82) is 0 Å². The molecule has 3 heterocycles. The van der Waals surface area contributed by atoms with Crippen LogP contribution in [0.5, 0.6) is 0 Å². The molecule has 0 unspecified atom stereocenters. The summed E-state index contributed by atoms with van der Waals surface area (Å²) in [4.78, 5) is 2.44. The van der Waals surface area contributed by atoms with E-state index in [0.29, 0.717) is 11.6 Å². The average Bonchev–Trinajstić information content (AvgIpc) is 3.25. The lowest BCUT2D eigenvalue weighted by molar-refractivity contribution is 0.0916. The molecule has 0 saturated heterocycles. The summed E-state index contributed by atoms with van der Waals surface area (Å²) >= 11 is 0. The molecule has 3 N–H and O–H groups in total. The van der Waals surface area contributed by atoms with Gasteiger partial charge < -0.3 is 10.2 Å². The van der Waals surface area contributed by atoms with Gasteiger partial charge in [0.05, 0.1) is 24.2 Å². The summed E-state index contributed by atoms with van der Waals surface area (Å²) in [5.41, 5.74) is 4.32. The van der Waals surface area contributed by atoms with Gasteiger partial charge in [-0.1, -0.05) is 19.3 Å². The van der Waals surface area contributed by atoms with E-state index in [1.165, 1.54) is 43.4 Å². The number of fused-ring (bicyclic) bond motifs is 1. The second-order valence-corrected chi connectivity index (χ2v) is 7.69. The normalized spacial score (nSPS) is 20.7. The van der Waals surface area contributed by atoms with Gasteiger partial charge in [0, 0.05) is 43.4 Å². The van der Waals surface area contributed by atoms with Crippen molar-refractivity contribution in [3.8, 4) is 0 Å². The van der Waals surface area contributed by atoms with E-state index >= 15 is 0 Å². The number of aliphatic hydroxyl groups is 2. The fourth-order valence-corrected chi connectivity index (χ4v) is 4.37. The predicted octanol–water partition coefficient (Wildman–Crippen LogP) is 2.09. The number of H-pyrrole nitrogens is 1. The summed E-state index contributed by atoms with van der Waals surface area (Å²) in [6.07, 6.45) is 8.67. The highest BCUT2D eigenvalue weighted by atomic mass is 16.3. The van der Waals surface area contributed by atoms with Crippen LogP contribution in [0, 0.1) is 0 Å². The van der Waals surface area contributed by atoms with Gasteiger partial charge in [0.25, 0.3) is 0 Å². The molecule has 1 atom stereocenters. The molecule has 0 spiro atoms. The highest BCUT2D eigenvalue weighted by Crippen LogP contribution is 2.33. The smallest absolute Gasteiger partial charge is 0.121 e. The van der Waals surface area contributed by atoms with Crippen molar-refractivity contribution in [2.75, 3.05) is 13.2 Å². The SMILES string of the molecule is OC[C@H](O)c1cc2n(n1)CCCN(Cc1cn[nH]c1C1CCCCC1)C2. The summed E-state index contributed by atoms with van der Waals surface area (Å²) in [7, 11) is 0. The zero-order chi connectivity index (χ0) is 17.9. The van der Waals surface area contributed by atoms with Gasteiger partial charge >= 0.3 is 0 Å². The van der Waals surface area contributed by atoms with Crippen LogP contribution in [0.4, 0.5) is 0 Å². The Morgan fingerprint density at radius 3 is 2.85 bits per heavy atom. The second kappa shape index (κ2) is 7.90. The molecule has 26 heavy (non-hydrogen) atoms. The molecule has 142 valence electrons. The maximum Gasteiger partial charge on any atom is 0.121 e. The largest absolute Gasteiger partial charge is 0.393 e. The molecule has 0 radical (unpaired) electrons. The lowest BCUT2D eigenvalue weighted by Gasteiger charge is -2.24. The molecule has 7 heteroatoms. The standard InChI is InChI=1S/C19H29N5O2/c25-13-18(26)17-9-16-12-23(7-4-8-24(16)22-17)11-15-10-20-21-19(15)14-5-2-1-3-6-14/h9-10,14,18,25-26H,1-8,11-13H2,(H,20,21)/t18-/m0/s1. The van der Waals surface area contributed by atoms with Gasteiger partial charge in [0.15, 0.2) is 0 Å². The zero-order valence-electron chi connectivity index (χ0n) is 15.3. The van der Waals surface area contributed by atoms with Crippen molar-refractivity contribution in [2.24, 2.45) is 0 Å². The quantitative estimate of drug-likeness (QED) is 0.760. The highest BCUT2D eigenvalue weighted by molar-refractivity contribution is 5.21. The van der Waals surface area contributed by atoms with Gasteiger partial charge in [0.2, 0.25) is 0 Å². The van der Waals surface area contributed by atoms with Gasteiger partial charge in [-0.05, 0) is 25.3 Å². The molecule has 7 nitrogen and oxygen atoms in total. The Morgan fingerprint density at radius 1 is 1.19 bits per heavy atom. The molecule has 1 aliphatic carbocycles. The Labute approximate surface area is 154 Å². The van der Waals surface area contributed by atoms with Crippen molar-refractivity contribution >= 4 is 0 Å². The van der Waals surface area contributed by atoms with E-state index in [2.05, 4.69) is 20.2 Å². The summed E-state index contributed by atoms with van der Waals surface area (Å²) < 4.78 is 1.98. The first-order valence-electron chi connectivity index (χ1n) is 9.84. The number of aromatic amines is 1. The predicted molar refractivity (Wildman–Crippen MR) is 97.4 cm³/mol. The number of nitrogens with zero attached hydrogens (tertiary/aromatic N) is 4. The van der Waals surface area contributed by atoms with Crippen LogP contribution in [0.1, 0.15) is 73.2 Å². The zero-order valence-corrected chi connectivity index (χ0v) is 15.3. The van der Waals surface area contributed by atoms with Gasteiger partial charge in [-0.2, -0.15) is 10.2 Å². The molecular weight excluding hydrogens is 330 g/mol. The molecule has 0 aromatic carbocycles. The van der Waals surface area contributed by atoms with Crippen LogP contribution >= 0.6 is 0 Å². The van der Waals surface area contributed by atoms with Gasteiger partial charge in [-0.15, -0.1) is 0 Å². The van der Waals surface area contributed by atoms with Crippen LogP contribution in [0.2, 0.25) is 0 Å². The minimum atomic E-state index is -0.894. The van der Waals surface area contributed by atoms with Crippen LogP contribution in [0.3, 0.4) is 0 Å². The van der Waals surface area contributed by atoms with Gasteiger partial charge in [0.1, 0.15) is 6.10 Å². The van der Waals surface area contributed by atoms with E-state index in [1.54, 1.807) is 0 Å². The summed E-state index contributed by atoms with van der Waals surface area (Å²) in [6.45, 7) is 3.28. The van der Waals surface area contributed by atoms with E-state index in [1.807, 2.05) is 16.9 Å². The molecule has 1 saturated carbocycles. The Hall–Kier alpha value is -1.70. The minimum absolute atomic E-state index is 0.292. The molecule has 0 amide bonds. The third kappa shape index (κ3) is 3.70. The maximum atomic E-state index is 9.85. The summed E-state index contributed by atoms with van der Waals surface area (Å²) in [5.74, 6) is 0.630. The first-order valence-corrected chi connectivity index (χ1v) is 9.84. The number of nitrogens with one attached hydrogen (secondary N) is 1. The first kappa shape index (κ1) is 17.7. The fraction of sp³-hybridized carbons (Fsp3) is 0.684. The number of hydrogen-bond donors (Lipinski definition) is 3. The molecule has 0 bridgehead atoms. The first-order chi connectivity index (χ1) is 12.7. The Bertz CT molecular complexity index is 719. The molecule has 2 aromatic heterocycles. The monoisotopic (exact) mass is 359 g/mol. The lowest BCUT2D eigenvalue weighted by atomic mass is 9.85. The fourth-order valence-electron chi connectivity index (χ4n) is 4.37. The highest BCUT2D eigenvalue weighted by Gasteiger charge is 2.23. The molecule has 1 aliphatic heterocycles. The summed E-state index contributed by atoms with van der Waals surface area (Å²) in [6, 6.07) is 1.93. The Kier molecular flexibility index (Phi) is 5.38. The third-order valence-electron chi connectivity index (χ3n) is 5.79. The van der Waals surface area contributed by atoms with Crippen molar-refractivity contribution in [3.05, 3.63) is 34.9 Å². The van der Waals surface area contributed by atoms with E-state index < -0.39 is 6.10 Å². The lowest BCUT2D eigenvalue weighted by Crippen LogP contribution is -2.23. The topological polar surface area (TPSA) is 90.2 Å². The second-order valence-electron chi connectivity index (χ2n) is 7.69. The van der Waals surface area contributed by atoms with Crippen LogP contribution in [0.25, 0.3) is 0 Å². The number of aryl methyl sites for hydroxylation is 1. The minimum Gasteiger partial charge on any atom is -0.393 e. The van der Waals surface area contributed by atoms with Crippen molar-refractivity contribution in [1.82, 2.24) is 24.9 Å². The average molecular weight is 359 g/mol. The number of hydrogen-bond acceptors (Lipinski definition) is 5. The van der Waals surface area contributed by atoms with Crippen molar-refractivity contribution < 1.29 is 10.2 Å². The number of aromatic nitrogens is 4. The van der Waals surface area contributed by atoms with Crippen LogP contribution in [-0.4, -0.2) is 48.2 Å². The van der Waals surface area contributed by atoms with Crippen LogP contribution < -0.4 is 0 Å². The number of rotatable bonds is 5. The summed E-state index contributed by atoms with van der Waals surface area (Å²) in [5, 5.41) is 31.1. The number of aliphatic hydroxyl groups excluding tert-OH is 2. The van der Waals surface area contributed by atoms with E-state index in [-0.39, 0.29) is 6.61 Å². The van der Waals surface area contributed by atoms with E-state index in [4.69, 9.17) is 5.11 Å². The molecule has 4 rings (SSSR count). The molecular formula is C19H29N5O2. The van der Waals surface area contributed by atoms with Crippen molar-refractivity contribution in [3.63, 3.8) is 0 Å². The van der Waals surface area contributed by atoms with Crippen LogP contribution in [0.15, 0.2) is 12.3 Å². The van der Waals surface area contributed by atoms with Crippen molar-refractivity contribution in [2.45, 2.75) is 70.2 Å².